The highest BCUT2D eigenvalue weighted by Gasteiger charge is 2.11. The van der Waals surface area contributed by atoms with Crippen LogP contribution in [0.4, 0.5) is 5.69 Å². The van der Waals surface area contributed by atoms with Crippen molar-refractivity contribution in [1.82, 2.24) is 15.1 Å². The summed E-state index contributed by atoms with van der Waals surface area (Å²) in [4.78, 5) is 8.50. The van der Waals surface area contributed by atoms with Crippen LogP contribution >= 0.6 is 11.3 Å². The first-order chi connectivity index (χ1) is 9.33. The predicted molar refractivity (Wildman–Crippen MR) is 73.9 cm³/mol. The van der Waals surface area contributed by atoms with Gasteiger partial charge in [-0.25, -0.2) is 4.98 Å². The van der Waals surface area contributed by atoms with Gasteiger partial charge >= 0.3 is 0 Å². The molecule has 3 rings (SSSR count). The molecule has 0 aliphatic rings. The molecular formula is C13H12N4OS. The van der Waals surface area contributed by atoms with Gasteiger partial charge in [0.2, 0.25) is 0 Å². The number of hydrogen-bond acceptors (Lipinski definition) is 6. The lowest BCUT2D eigenvalue weighted by molar-refractivity contribution is 0.426. The van der Waals surface area contributed by atoms with E-state index in [0.29, 0.717) is 18.3 Å². The summed E-state index contributed by atoms with van der Waals surface area (Å²) in [6, 6.07) is 7.86. The van der Waals surface area contributed by atoms with Gasteiger partial charge in [0, 0.05) is 17.3 Å². The van der Waals surface area contributed by atoms with Crippen molar-refractivity contribution in [2.45, 2.75) is 13.5 Å². The van der Waals surface area contributed by atoms with Crippen molar-refractivity contribution >= 4 is 17.0 Å². The average molecular weight is 272 g/mol. The van der Waals surface area contributed by atoms with Crippen molar-refractivity contribution < 1.29 is 4.52 Å². The fourth-order valence-corrected chi connectivity index (χ4v) is 2.30. The van der Waals surface area contributed by atoms with Crippen LogP contribution in [0.25, 0.3) is 11.5 Å². The first-order valence-corrected chi connectivity index (χ1v) is 6.73. The van der Waals surface area contributed by atoms with E-state index in [1.165, 1.54) is 0 Å². The topological polar surface area (TPSA) is 63.8 Å². The Morgan fingerprint density at radius 3 is 2.95 bits per heavy atom. The maximum absolute atomic E-state index is 5.21. The highest BCUT2D eigenvalue weighted by Crippen LogP contribution is 2.26. The second-order valence-electron chi connectivity index (χ2n) is 3.97. The van der Waals surface area contributed by atoms with E-state index in [-0.39, 0.29) is 0 Å². The maximum Gasteiger partial charge on any atom is 0.260 e. The van der Waals surface area contributed by atoms with E-state index < -0.39 is 0 Å². The summed E-state index contributed by atoms with van der Waals surface area (Å²) in [6.07, 6.45) is 1.80. The molecule has 0 unspecified atom stereocenters. The minimum absolute atomic E-state index is 0.528. The molecule has 96 valence electrons. The van der Waals surface area contributed by atoms with E-state index in [2.05, 4.69) is 20.4 Å². The second-order valence-corrected chi connectivity index (χ2v) is 4.95. The molecule has 1 N–H and O–H groups in total. The van der Waals surface area contributed by atoms with Crippen molar-refractivity contribution in [1.29, 1.82) is 0 Å². The summed E-state index contributed by atoms with van der Waals surface area (Å²) < 4.78 is 5.21. The van der Waals surface area contributed by atoms with E-state index >= 15 is 0 Å². The third-order valence-corrected chi connectivity index (χ3v) is 3.38. The number of thiazole rings is 1. The zero-order valence-corrected chi connectivity index (χ0v) is 11.1. The Hall–Kier alpha value is -2.21. The minimum atomic E-state index is 0.528. The Labute approximate surface area is 114 Å². The molecule has 5 nitrogen and oxygen atoms in total. The number of aryl methyl sites for hydroxylation is 1. The molecule has 0 bridgehead atoms. The Morgan fingerprint density at radius 1 is 1.32 bits per heavy atom. The maximum atomic E-state index is 5.21. The number of nitrogens with zero attached hydrogens (tertiary/aromatic N) is 3. The van der Waals surface area contributed by atoms with E-state index in [1.807, 2.05) is 29.6 Å². The molecule has 0 spiro atoms. The standard InChI is InChI=1S/C13H12N4OS/c1-9-16-13(18-17-9)10-4-2-3-5-11(10)15-8-12-14-6-7-19-12/h2-7,15H,8H2,1H3. The number of nitrogens with one attached hydrogen (secondary N) is 1. The molecular weight excluding hydrogens is 260 g/mol. The highest BCUT2D eigenvalue weighted by molar-refractivity contribution is 7.09. The lowest BCUT2D eigenvalue weighted by Gasteiger charge is -2.07. The number of para-hydroxylation sites is 1. The molecule has 0 amide bonds. The van der Waals surface area contributed by atoms with Gasteiger partial charge < -0.3 is 9.84 Å². The normalized spacial score (nSPS) is 10.6. The van der Waals surface area contributed by atoms with E-state index in [4.69, 9.17) is 4.52 Å². The molecule has 0 fully saturated rings. The van der Waals surface area contributed by atoms with Crippen molar-refractivity contribution in [3.05, 3.63) is 46.7 Å². The summed E-state index contributed by atoms with van der Waals surface area (Å²) in [5.41, 5.74) is 1.86. The fourth-order valence-electron chi connectivity index (χ4n) is 1.74. The van der Waals surface area contributed by atoms with E-state index in [9.17, 15) is 0 Å². The Balaban J connectivity index is 1.85. The molecule has 2 heterocycles. The summed E-state index contributed by atoms with van der Waals surface area (Å²) in [5.74, 6) is 1.16. The minimum Gasteiger partial charge on any atom is -0.378 e. The molecule has 3 aromatic rings. The number of aromatic nitrogens is 3. The van der Waals surface area contributed by atoms with Gasteiger partial charge in [-0.2, -0.15) is 4.98 Å². The smallest absolute Gasteiger partial charge is 0.260 e. The van der Waals surface area contributed by atoms with Gasteiger partial charge in [0.15, 0.2) is 5.82 Å². The average Bonchev–Trinajstić information content (AvgIpc) is 3.08. The van der Waals surface area contributed by atoms with Crippen LogP contribution in [0.1, 0.15) is 10.8 Å². The highest BCUT2D eigenvalue weighted by atomic mass is 32.1. The number of rotatable bonds is 4. The largest absolute Gasteiger partial charge is 0.378 e. The van der Waals surface area contributed by atoms with Gasteiger partial charge in [-0.05, 0) is 19.1 Å². The van der Waals surface area contributed by atoms with Crippen molar-refractivity contribution in [2.24, 2.45) is 0 Å². The summed E-state index contributed by atoms with van der Waals surface area (Å²) in [6.45, 7) is 2.49. The molecule has 0 radical (unpaired) electrons. The van der Waals surface area contributed by atoms with Crippen LogP contribution in [0, 0.1) is 6.92 Å². The predicted octanol–water partition coefficient (Wildman–Crippen LogP) is 3.11. The van der Waals surface area contributed by atoms with Crippen molar-refractivity contribution in [3.63, 3.8) is 0 Å². The zero-order chi connectivity index (χ0) is 13.1. The van der Waals surface area contributed by atoms with Gasteiger partial charge in [-0.3, -0.25) is 0 Å². The molecule has 0 atom stereocenters. The Bertz CT molecular complexity index is 663. The molecule has 0 aliphatic carbocycles. The SMILES string of the molecule is Cc1noc(-c2ccccc2NCc2nccs2)n1. The zero-order valence-electron chi connectivity index (χ0n) is 10.3. The van der Waals surface area contributed by atoms with Crippen molar-refractivity contribution in [2.75, 3.05) is 5.32 Å². The quantitative estimate of drug-likeness (QED) is 0.790. The van der Waals surface area contributed by atoms with Gasteiger partial charge in [0.25, 0.3) is 5.89 Å². The first kappa shape index (κ1) is 11.9. The first-order valence-electron chi connectivity index (χ1n) is 5.85. The van der Waals surface area contributed by atoms with Gasteiger partial charge in [0.1, 0.15) is 5.01 Å². The summed E-state index contributed by atoms with van der Waals surface area (Å²) in [7, 11) is 0. The Kier molecular flexibility index (Phi) is 3.24. The van der Waals surface area contributed by atoms with Gasteiger partial charge in [-0.15, -0.1) is 11.3 Å². The van der Waals surface area contributed by atoms with Crippen LogP contribution in [0.5, 0.6) is 0 Å². The second kappa shape index (κ2) is 5.19. The van der Waals surface area contributed by atoms with Crippen LogP contribution in [0.3, 0.4) is 0 Å². The third kappa shape index (κ3) is 2.63. The lowest BCUT2D eigenvalue weighted by atomic mass is 10.2. The molecule has 1 aromatic carbocycles. The molecule has 0 saturated heterocycles. The van der Waals surface area contributed by atoms with E-state index in [0.717, 1.165) is 16.3 Å². The summed E-state index contributed by atoms with van der Waals surface area (Å²) in [5, 5.41) is 10.2. The van der Waals surface area contributed by atoms with Crippen LogP contribution in [0.15, 0.2) is 40.4 Å². The monoisotopic (exact) mass is 272 g/mol. The molecule has 6 heteroatoms. The number of hydrogen-bond donors (Lipinski definition) is 1. The number of anilines is 1. The molecule has 2 aromatic heterocycles. The molecule has 0 aliphatic heterocycles. The third-order valence-electron chi connectivity index (χ3n) is 2.60. The van der Waals surface area contributed by atoms with Crippen LogP contribution < -0.4 is 5.32 Å². The summed E-state index contributed by atoms with van der Waals surface area (Å²) >= 11 is 1.62. The Morgan fingerprint density at radius 2 is 2.21 bits per heavy atom. The lowest BCUT2D eigenvalue weighted by Crippen LogP contribution is -2.00. The van der Waals surface area contributed by atoms with Crippen LogP contribution in [-0.2, 0) is 6.54 Å². The fraction of sp³-hybridized carbons (Fsp3) is 0.154. The van der Waals surface area contributed by atoms with Crippen molar-refractivity contribution in [3.8, 4) is 11.5 Å². The number of benzene rings is 1. The molecule has 0 saturated carbocycles. The molecule has 19 heavy (non-hydrogen) atoms. The van der Waals surface area contributed by atoms with E-state index in [1.54, 1.807) is 24.5 Å². The van der Waals surface area contributed by atoms with Crippen LogP contribution in [-0.4, -0.2) is 15.1 Å². The van der Waals surface area contributed by atoms with Gasteiger partial charge in [-0.1, -0.05) is 17.3 Å². The van der Waals surface area contributed by atoms with Gasteiger partial charge in [0.05, 0.1) is 12.1 Å². The van der Waals surface area contributed by atoms with Crippen LogP contribution in [0.2, 0.25) is 0 Å².